The van der Waals surface area contributed by atoms with Gasteiger partial charge in [-0.2, -0.15) is 0 Å². The molecule has 0 saturated heterocycles. The van der Waals surface area contributed by atoms with E-state index in [0.717, 1.165) is 47.5 Å². The summed E-state index contributed by atoms with van der Waals surface area (Å²) in [5, 5.41) is 6.19. The highest BCUT2D eigenvalue weighted by atomic mass is 79.9. The number of hydrogen-bond donors (Lipinski definition) is 2. The van der Waals surface area contributed by atoms with Gasteiger partial charge in [-0.1, -0.05) is 13.8 Å². The largest absolute Gasteiger partial charge is 0.371 e. The number of hydrogen-bond acceptors (Lipinski definition) is 3. The Morgan fingerprint density at radius 2 is 2.10 bits per heavy atom. The molecule has 1 atom stereocenters. The summed E-state index contributed by atoms with van der Waals surface area (Å²) in [6.07, 6.45) is 1.10. The predicted octanol–water partition coefficient (Wildman–Crippen LogP) is 3.29. The number of benzene rings is 1. The standard InChI is InChI=1S/C15H22BrN3O/c1-4-7-19(6-3)13-9-12-10(8-11(13)16)14(17-5-2)15(20)18-12/h8-9,14,17H,4-7H2,1-3H3,(H,18,20). The normalized spacial score (nSPS) is 17.0. The zero-order valence-electron chi connectivity index (χ0n) is 12.3. The van der Waals surface area contributed by atoms with E-state index in [1.807, 2.05) is 6.92 Å². The Balaban J connectivity index is 2.37. The lowest BCUT2D eigenvalue weighted by atomic mass is 10.1. The van der Waals surface area contributed by atoms with Crippen molar-refractivity contribution in [2.24, 2.45) is 0 Å². The van der Waals surface area contributed by atoms with Crippen molar-refractivity contribution in [3.8, 4) is 0 Å². The van der Waals surface area contributed by atoms with E-state index in [2.05, 4.69) is 57.4 Å². The topological polar surface area (TPSA) is 44.4 Å². The quantitative estimate of drug-likeness (QED) is 0.835. The summed E-state index contributed by atoms with van der Waals surface area (Å²) in [6.45, 7) is 9.07. The van der Waals surface area contributed by atoms with E-state index >= 15 is 0 Å². The Bertz CT molecular complexity index is 504. The van der Waals surface area contributed by atoms with Gasteiger partial charge in [0, 0.05) is 28.8 Å². The fraction of sp³-hybridized carbons (Fsp3) is 0.533. The second kappa shape index (κ2) is 6.59. The van der Waals surface area contributed by atoms with E-state index in [-0.39, 0.29) is 11.9 Å². The highest BCUT2D eigenvalue weighted by molar-refractivity contribution is 9.10. The number of nitrogens with one attached hydrogen (secondary N) is 2. The number of nitrogens with zero attached hydrogens (tertiary/aromatic N) is 1. The molecule has 5 heteroatoms. The van der Waals surface area contributed by atoms with Gasteiger partial charge in [0.05, 0.1) is 5.69 Å². The van der Waals surface area contributed by atoms with Crippen LogP contribution in [-0.2, 0) is 4.79 Å². The van der Waals surface area contributed by atoms with Crippen molar-refractivity contribution < 1.29 is 4.79 Å². The van der Waals surface area contributed by atoms with Gasteiger partial charge < -0.3 is 15.5 Å². The van der Waals surface area contributed by atoms with Gasteiger partial charge >= 0.3 is 0 Å². The maximum Gasteiger partial charge on any atom is 0.246 e. The lowest BCUT2D eigenvalue weighted by molar-refractivity contribution is -0.117. The summed E-state index contributed by atoms with van der Waals surface area (Å²) in [5.41, 5.74) is 3.10. The molecule has 0 spiro atoms. The van der Waals surface area contributed by atoms with Crippen LogP contribution in [0, 0.1) is 0 Å². The summed E-state index contributed by atoms with van der Waals surface area (Å²) in [7, 11) is 0. The summed E-state index contributed by atoms with van der Waals surface area (Å²) in [6, 6.07) is 3.91. The fourth-order valence-corrected chi connectivity index (χ4v) is 3.25. The molecule has 1 aromatic rings. The van der Waals surface area contributed by atoms with Crippen molar-refractivity contribution in [1.82, 2.24) is 5.32 Å². The van der Waals surface area contributed by atoms with E-state index in [1.165, 1.54) is 0 Å². The van der Waals surface area contributed by atoms with Crippen LogP contribution in [0.15, 0.2) is 16.6 Å². The molecule has 1 aliphatic rings. The number of halogens is 1. The molecule has 20 heavy (non-hydrogen) atoms. The molecule has 1 unspecified atom stereocenters. The Morgan fingerprint density at radius 1 is 1.35 bits per heavy atom. The van der Waals surface area contributed by atoms with Crippen molar-refractivity contribution >= 4 is 33.2 Å². The van der Waals surface area contributed by atoms with E-state index in [4.69, 9.17) is 0 Å². The number of rotatable bonds is 6. The van der Waals surface area contributed by atoms with Crippen molar-refractivity contribution in [3.05, 3.63) is 22.2 Å². The maximum atomic E-state index is 12.0. The fourth-order valence-electron chi connectivity index (χ4n) is 2.64. The lowest BCUT2D eigenvalue weighted by Crippen LogP contribution is -2.27. The average Bonchev–Trinajstić information content (AvgIpc) is 2.72. The number of carbonyl (C=O) groups excluding carboxylic acids is 1. The molecule has 0 aliphatic carbocycles. The van der Waals surface area contributed by atoms with Crippen molar-refractivity contribution in [2.75, 3.05) is 29.9 Å². The molecule has 0 saturated carbocycles. The molecule has 110 valence electrons. The van der Waals surface area contributed by atoms with Gasteiger partial charge in [0.25, 0.3) is 0 Å². The van der Waals surface area contributed by atoms with Crippen LogP contribution >= 0.6 is 15.9 Å². The molecule has 0 bridgehead atoms. The first-order chi connectivity index (χ1) is 9.62. The number of anilines is 2. The first-order valence-electron chi connectivity index (χ1n) is 7.24. The van der Waals surface area contributed by atoms with Gasteiger partial charge in [-0.3, -0.25) is 4.79 Å². The third-order valence-corrected chi connectivity index (χ3v) is 4.21. The number of amides is 1. The molecular formula is C15H22BrN3O. The van der Waals surface area contributed by atoms with Crippen molar-refractivity contribution in [2.45, 2.75) is 33.2 Å². The van der Waals surface area contributed by atoms with Gasteiger partial charge in [-0.05, 0) is 48.0 Å². The van der Waals surface area contributed by atoms with Gasteiger partial charge in [-0.25, -0.2) is 0 Å². The highest BCUT2D eigenvalue weighted by Crippen LogP contribution is 2.39. The third kappa shape index (κ3) is 2.83. The maximum absolute atomic E-state index is 12.0. The van der Waals surface area contributed by atoms with Crippen molar-refractivity contribution in [3.63, 3.8) is 0 Å². The Kier molecular flexibility index (Phi) is 5.05. The van der Waals surface area contributed by atoms with Crippen LogP contribution in [-0.4, -0.2) is 25.5 Å². The predicted molar refractivity (Wildman–Crippen MR) is 87.4 cm³/mol. The van der Waals surface area contributed by atoms with Crippen LogP contribution in [0.1, 0.15) is 38.8 Å². The smallest absolute Gasteiger partial charge is 0.246 e. The van der Waals surface area contributed by atoms with Crippen LogP contribution in [0.4, 0.5) is 11.4 Å². The Morgan fingerprint density at radius 3 is 2.70 bits per heavy atom. The van der Waals surface area contributed by atoms with Crippen LogP contribution in [0.3, 0.4) is 0 Å². The molecule has 4 nitrogen and oxygen atoms in total. The number of carbonyl (C=O) groups is 1. The first-order valence-corrected chi connectivity index (χ1v) is 8.04. The van der Waals surface area contributed by atoms with Gasteiger partial charge in [-0.15, -0.1) is 0 Å². The SMILES string of the molecule is CCCN(CC)c1cc2c(cc1Br)C(NCC)C(=O)N2. The van der Waals surface area contributed by atoms with E-state index in [9.17, 15) is 4.79 Å². The minimum Gasteiger partial charge on any atom is -0.371 e. The number of likely N-dealkylation sites (N-methyl/N-ethyl adjacent to an activating group) is 1. The highest BCUT2D eigenvalue weighted by Gasteiger charge is 2.31. The lowest BCUT2D eigenvalue weighted by Gasteiger charge is -2.24. The van der Waals surface area contributed by atoms with Crippen molar-refractivity contribution in [1.29, 1.82) is 0 Å². The summed E-state index contributed by atoms with van der Waals surface area (Å²) in [5.74, 6) is 0.0319. The molecule has 1 amide bonds. The van der Waals surface area contributed by atoms with Gasteiger partial charge in [0.2, 0.25) is 5.91 Å². The average molecular weight is 340 g/mol. The molecule has 0 fully saturated rings. The Hall–Kier alpha value is -1.07. The third-order valence-electron chi connectivity index (χ3n) is 3.57. The Labute approximate surface area is 129 Å². The molecule has 0 aromatic heterocycles. The molecular weight excluding hydrogens is 318 g/mol. The molecule has 1 aromatic carbocycles. The van der Waals surface area contributed by atoms with E-state index in [1.54, 1.807) is 0 Å². The molecule has 1 heterocycles. The van der Waals surface area contributed by atoms with E-state index < -0.39 is 0 Å². The van der Waals surface area contributed by atoms with Crippen LogP contribution < -0.4 is 15.5 Å². The summed E-state index contributed by atoms with van der Waals surface area (Å²) in [4.78, 5) is 14.3. The van der Waals surface area contributed by atoms with Gasteiger partial charge in [0.1, 0.15) is 6.04 Å². The second-order valence-corrected chi connectivity index (χ2v) is 5.80. The monoisotopic (exact) mass is 339 g/mol. The minimum atomic E-state index is -0.235. The van der Waals surface area contributed by atoms with Gasteiger partial charge in [0.15, 0.2) is 0 Å². The summed E-state index contributed by atoms with van der Waals surface area (Å²) >= 11 is 3.65. The van der Waals surface area contributed by atoms with Crippen LogP contribution in [0.25, 0.3) is 0 Å². The molecule has 2 N–H and O–H groups in total. The zero-order chi connectivity index (χ0) is 14.7. The second-order valence-electron chi connectivity index (χ2n) is 4.95. The van der Waals surface area contributed by atoms with Crippen LogP contribution in [0.5, 0.6) is 0 Å². The van der Waals surface area contributed by atoms with Crippen LogP contribution in [0.2, 0.25) is 0 Å². The minimum absolute atomic E-state index is 0.0319. The molecule has 2 rings (SSSR count). The molecule has 1 aliphatic heterocycles. The summed E-state index contributed by atoms with van der Waals surface area (Å²) < 4.78 is 1.05. The number of fused-ring (bicyclic) bond motifs is 1. The first kappa shape index (κ1) is 15.3. The molecule has 0 radical (unpaired) electrons. The zero-order valence-corrected chi connectivity index (χ0v) is 13.9. The van der Waals surface area contributed by atoms with E-state index in [0.29, 0.717) is 0 Å².